The maximum absolute atomic E-state index is 10.6. The van der Waals surface area contributed by atoms with Crippen LogP contribution in [0.4, 0.5) is 0 Å². The minimum Gasteiger partial charge on any atom is -0.492 e. The number of benzene rings is 1. The Hall–Kier alpha value is -1.38. The Morgan fingerprint density at radius 3 is 2.68 bits per heavy atom. The van der Waals surface area contributed by atoms with Crippen LogP contribution in [-0.4, -0.2) is 42.9 Å². The molecule has 1 N–H and O–H groups in total. The van der Waals surface area contributed by atoms with E-state index in [1.54, 1.807) is 7.11 Å². The van der Waals surface area contributed by atoms with Crippen LogP contribution in [0.5, 0.6) is 17.2 Å². The molecule has 3 heterocycles. The van der Waals surface area contributed by atoms with E-state index in [9.17, 15) is 5.11 Å². The van der Waals surface area contributed by atoms with Crippen molar-refractivity contribution in [3.63, 3.8) is 0 Å². The molecule has 4 aliphatic rings. The van der Waals surface area contributed by atoms with Crippen molar-refractivity contribution in [1.29, 1.82) is 0 Å². The minimum atomic E-state index is -0.551. The van der Waals surface area contributed by atoms with Crippen LogP contribution in [0.3, 0.4) is 0 Å². The lowest BCUT2D eigenvalue weighted by Crippen LogP contribution is -2.43. The zero-order valence-electron chi connectivity index (χ0n) is 20.5. The van der Waals surface area contributed by atoms with Crippen LogP contribution in [0.15, 0.2) is 24.2 Å². The summed E-state index contributed by atoms with van der Waals surface area (Å²) in [7, 11) is 1.68. The maximum Gasteiger partial charge on any atom is 0.275 e. The van der Waals surface area contributed by atoms with Crippen molar-refractivity contribution >= 4 is 23.5 Å². The molecule has 1 saturated carbocycles. The first kappa shape index (κ1) is 24.3. The van der Waals surface area contributed by atoms with Crippen molar-refractivity contribution < 1.29 is 28.8 Å². The number of rotatable bonds is 6. The number of fused-ring (bicyclic) bond motifs is 1. The van der Waals surface area contributed by atoms with E-state index in [-0.39, 0.29) is 24.8 Å². The molecule has 5 rings (SSSR count). The highest BCUT2D eigenvalue weighted by Gasteiger charge is 2.53. The monoisotopic (exact) mass is 508 g/mol. The van der Waals surface area contributed by atoms with Gasteiger partial charge in [-0.25, -0.2) is 0 Å². The van der Waals surface area contributed by atoms with Gasteiger partial charge in [0.15, 0.2) is 11.5 Å². The minimum absolute atomic E-state index is 0.0502. The molecule has 0 unspecified atom stereocenters. The lowest BCUT2D eigenvalue weighted by atomic mass is 9.75. The van der Waals surface area contributed by atoms with Crippen molar-refractivity contribution in [2.75, 3.05) is 25.4 Å². The normalized spacial score (nSPS) is 32.4. The van der Waals surface area contributed by atoms with Gasteiger partial charge < -0.3 is 28.8 Å². The number of aliphatic hydroxyl groups is 1. The summed E-state index contributed by atoms with van der Waals surface area (Å²) in [5, 5.41) is 10.6. The maximum atomic E-state index is 10.6. The van der Waals surface area contributed by atoms with E-state index in [2.05, 4.69) is 26.8 Å². The molecule has 1 aromatic carbocycles. The van der Waals surface area contributed by atoms with Gasteiger partial charge in [0.1, 0.15) is 4.08 Å². The molecule has 0 radical (unpaired) electrons. The van der Waals surface area contributed by atoms with Crippen LogP contribution in [0, 0.1) is 23.7 Å². The second-order valence-corrected chi connectivity index (χ2v) is 13.1. The summed E-state index contributed by atoms with van der Waals surface area (Å²) in [6.07, 6.45) is 5.98. The second-order valence-electron chi connectivity index (χ2n) is 10.1. The van der Waals surface area contributed by atoms with Gasteiger partial charge in [-0.3, -0.25) is 0 Å². The fraction of sp³-hybridized carbons (Fsp3) is 0.692. The fourth-order valence-electron chi connectivity index (χ4n) is 5.81. The number of thioether (sulfide) groups is 2. The van der Waals surface area contributed by atoms with E-state index in [0.29, 0.717) is 35.0 Å². The molecule has 5 atom stereocenters. The van der Waals surface area contributed by atoms with Crippen LogP contribution in [0.1, 0.15) is 52.0 Å². The summed E-state index contributed by atoms with van der Waals surface area (Å²) >= 11 is 3.76. The van der Waals surface area contributed by atoms with E-state index < -0.39 is 10.4 Å². The van der Waals surface area contributed by atoms with Gasteiger partial charge in [-0.05, 0) is 60.7 Å². The van der Waals surface area contributed by atoms with E-state index in [1.165, 1.54) is 12.8 Å². The Morgan fingerprint density at radius 1 is 1.15 bits per heavy atom. The van der Waals surface area contributed by atoms with Crippen molar-refractivity contribution in [1.82, 2.24) is 0 Å². The highest BCUT2D eigenvalue weighted by molar-refractivity contribution is 8.18. The predicted molar refractivity (Wildman–Crippen MR) is 136 cm³/mol. The fourth-order valence-corrected chi connectivity index (χ4v) is 9.38. The summed E-state index contributed by atoms with van der Waals surface area (Å²) in [5.41, 5.74) is 1.03. The Labute approximate surface area is 211 Å². The van der Waals surface area contributed by atoms with Crippen LogP contribution in [-0.2, 0) is 13.6 Å². The number of hydrogen-bond acceptors (Lipinski definition) is 8. The van der Waals surface area contributed by atoms with Crippen molar-refractivity contribution in [3.8, 4) is 17.2 Å². The molecule has 0 amide bonds. The molecule has 0 bridgehead atoms. The summed E-state index contributed by atoms with van der Waals surface area (Å²) in [4.78, 5) is 0. The Kier molecular flexibility index (Phi) is 7.11. The van der Waals surface area contributed by atoms with Gasteiger partial charge >= 0.3 is 0 Å². The molecule has 8 heteroatoms. The first-order valence-corrected chi connectivity index (χ1v) is 14.4. The summed E-state index contributed by atoms with van der Waals surface area (Å²) in [6, 6.07) is 4.04. The third-order valence-corrected chi connectivity index (χ3v) is 11.1. The third-order valence-electron chi connectivity index (χ3n) is 7.56. The van der Waals surface area contributed by atoms with E-state index >= 15 is 0 Å². The van der Waals surface area contributed by atoms with E-state index in [0.717, 1.165) is 29.9 Å². The molecule has 2 fully saturated rings. The molecular weight excluding hydrogens is 472 g/mol. The molecule has 188 valence electrons. The zero-order chi connectivity index (χ0) is 23.9. The van der Waals surface area contributed by atoms with Crippen molar-refractivity contribution in [2.45, 2.75) is 62.9 Å². The second kappa shape index (κ2) is 9.94. The lowest BCUT2D eigenvalue weighted by Gasteiger charge is -2.44. The van der Waals surface area contributed by atoms with Gasteiger partial charge in [0.25, 0.3) is 5.95 Å². The number of aliphatic hydroxyl groups excluding tert-OH is 1. The Bertz CT molecular complexity index is 913. The van der Waals surface area contributed by atoms with E-state index in [4.69, 9.17) is 23.7 Å². The average Bonchev–Trinajstić information content (AvgIpc) is 3.45. The Morgan fingerprint density at radius 2 is 1.94 bits per heavy atom. The molecule has 1 aromatic rings. The highest BCUT2D eigenvalue weighted by atomic mass is 32.2. The number of methoxy groups -OCH3 is 1. The van der Waals surface area contributed by atoms with Crippen LogP contribution < -0.4 is 14.2 Å². The standard InChI is InChI=1S/C26H36O6S2/c1-15(2)17-7-6-16(3)12-21(17)31-25-19(13-22(27)32-25)26(33-10-5-11-34-26)18-8-9-20-24(23(18)28-4)30-14-29-20/h8-9,13,15-17,19,21,25,27H,5-7,10-12,14H2,1-4H3/t16-,17+,19-,21-,25-/m1/s1. The highest BCUT2D eigenvalue weighted by Crippen LogP contribution is 2.62. The SMILES string of the molecule is COc1c(C2([C@@H]3C=C(O)O[C@H]3O[C@@H]3C[C@H](C)CC[C@H]3C(C)C)SCCCS2)ccc2c1OCO2. The molecule has 6 nitrogen and oxygen atoms in total. The molecule has 1 saturated heterocycles. The molecule has 1 aliphatic carbocycles. The van der Waals surface area contributed by atoms with Crippen LogP contribution in [0.2, 0.25) is 0 Å². The summed E-state index contributed by atoms with van der Waals surface area (Å²) < 4.78 is 29.6. The molecular formula is C26H36O6S2. The first-order chi connectivity index (χ1) is 16.4. The van der Waals surface area contributed by atoms with Gasteiger partial charge in [-0.2, -0.15) is 0 Å². The molecule has 34 heavy (non-hydrogen) atoms. The topological polar surface area (TPSA) is 66.4 Å². The molecule has 0 spiro atoms. The lowest BCUT2D eigenvalue weighted by molar-refractivity contribution is -0.197. The van der Waals surface area contributed by atoms with Crippen molar-refractivity contribution in [3.05, 3.63) is 29.7 Å². The smallest absolute Gasteiger partial charge is 0.275 e. The van der Waals surface area contributed by atoms with Gasteiger partial charge in [0.2, 0.25) is 18.8 Å². The first-order valence-electron chi connectivity index (χ1n) is 12.4. The third kappa shape index (κ3) is 4.35. The van der Waals surface area contributed by atoms with Crippen LogP contribution >= 0.6 is 23.5 Å². The van der Waals surface area contributed by atoms with Gasteiger partial charge in [0, 0.05) is 11.6 Å². The van der Waals surface area contributed by atoms with Crippen LogP contribution in [0.25, 0.3) is 0 Å². The number of hydrogen-bond donors (Lipinski definition) is 1. The quantitative estimate of drug-likeness (QED) is 0.480. The van der Waals surface area contributed by atoms with E-state index in [1.807, 2.05) is 35.7 Å². The van der Waals surface area contributed by atoms with Crippen molar-refractivity contribution in [2.24, 2.45) is 23.7 Å². The Balaban J connectivity index is 1.52. The molecule has 3 aliphatic heterocycles. The average molecular weight is 509 g/mol. The zero-order valence-corrected chi connectivity index (χ0v) is 22.1. The molecule has 0 aromatic heterocycles. The summed E-state index contributed by atoms with van der Waals surface area (Å²) in [5.74, 6) is 5.50. The number of ether oxygens (including phenoxy) is 5. The van der Waals surface area contributed by atoms with Gasteiger partial charge in [-0.15, -0.1) is 23.5 Å². The summed E-state index contributed by atoms with van der Waals surface area (Å²) in [6.45, 7) is 7.07. The van der Waals surface area contributed by atoms with Gasteiger partial charge in [0.05, 0.1) is 19.1 Å². The largest absolute Gasteiger partial charge is 0.492 e. The predicted octanol–water partition coefficient (Wildman–Crippen LogP) is 6.30. The van der Waals surface area contributed by atoms with Gasteiger partial charge in [-0.1, -0.05) is 27.2 Å².